The second-order valence-electron chi connectivity index (χ2n) is 3.60. The van der Waals surface area contributed by atoms with Crippen LogP contribution in [-0.4, -0.2) is 9.78 Å². The van der Waals surface area contributed by atoms with E-state index in [-0.39, 0.29) is 0 Å². The van der Waals surface area contributed by atoms with Crippen LogP contribution in [0.4, 0.5) is 19.0 Å². The Kier molecular flexibility index (Phi) is 2.79. The highest BCUT2D eigenvalue weighted by atomic mass is 19.3. The molecule has 0 saturated heterocycles. The van der Waals surface area contributed by atoms with E-state index in [0.717, 1.165) is 12.1 Å². The second-order valence-corrected chi connectivity index (χ2v) is 3.60. The number of alkyl halides is 2. The zero-order valence-electron chi connectivity index (χ0n) is 8.99. The molecule has 3 nitrogen and oxygen atoms in total. The van der Waals surface area contributed by atoms with Gasteiger partial charge in [0.05, 0.1) is 11.8 Å². The predicted octanol–water partition coefficient (Wildman–Crippen LogP) is 2.75. The molecule has 0 saturated carbocycles. The van der Waals surface area contributed by atoms with Crippen molar-refractivity contribution in [1.82, 2.24) is 9.78 Å². The Balaban J connectivity index is 2.48. The Hall–Kier alpha value is -1.98. The Morgan fingerprint density at radius 1 is 1.35 bits per heavy atom. The third-order valence-corrected chi connectivity index (χ3v) is 2.53. The van der Waals surface area contributed by atoms with Crippen LogP contribution in [0.1, 0.15) is 12.0 Å². The zero-order valence-corrected chi connectivity index (χ0v) is 8.99. The molecule has 0 fully saturated rings. The minimum atomic E-state index is -2.82. The molecule has 0 spiro atoms. The van der Waals surface area contributed by atoms with Crippen LogP contribution in [0.5, 0.6) is 0 Å². The lowest BCUT2D eigenvalue weighted by Crippen LogP contribution is -1.98. The standard InChI is InChI=1S/C11H10F3N3/c1-17-11(15)8(5-16-17)6-2-3-7(10(13)14)9(12)4-6/h2-5,10H,15H2,1H3. The number of benzene rings is 1. The van der Waals surface area contributed by atoms with Crippen LogP contribution in [0.15, 0.2) is 24.4 Å². The molecule has 0 unspecified atom stereocenters. The highest BCUT2D eigenvalue weighted by molar-refractivity contribution is 5.73. The number of anilines is 1. The van der Waals surface area contributed by atoms with Gasteiger partial charge in [0, 0.05) is 12.6 Å². The minimum Gasteiger partial charge on any atom is -0.383 e. The van der Waals surface area contributed by atoms with Crippen molar-refractivity contribution in [3.8, 4) is 11.1 Å². The summed E-state index contributed by atoms with van der Waals surface area (Å²) in [5.74, 6) is -0.588. The van der Waals surface area contributed by atoms with E-state index in [1.54, 1.807) is 7.05 Å². The van der Waals surface area contributed by atoms with E-state index in [4.69, 9.17) is 5.73 Å². The van der Waals surface area contributed by atoms with Crippen LogP contribution in [0, 0.1) is 5.82 Å². The van der Waals surface area contributed by atoms with E-state index >= 15 is 0 Å². The van der Waals surface area contributed by atoms with Gasteiger partial charge in [0.1, 0.15) is 11.6 Å². The van der Waals surface area contributed by atoms with Crippen LogP contribution < -0.4 is 5.73 Å². The molecule has 0 bridgehead atoms. The van der Waals surface area contributed by atoms with Crippen molar-refractivity contribution in [3.63, 3.8) is 0 Å². The van der Waals surface area contributed by atoms with Gasteiger partial charge >= 0.3 is 0 Å². The summed E-state index contributed by atoms with van der Waals surface area (Å²) in [5, 5.41) is 3.90. The van der Waals surface area contributed by atoms with Crippen molar-refractivity contribution in [3.05, 3.63) is 35.8 Å². The molecule has 90 valence electrons. The monoisotopic (exact) mass is 241 g/mol. The number of aryl methyl sites for hydroxylation is 1. The number of aromatic nitrogens is 2. The van der Waals surface area contributed by atoms with E-state index in [1.165, 1.54) is 16.9 Å². The Bertz CT molecular complexity index is 549. The van der Waals surface area contributed by atoms with Crippen molar-refractivity contribution in [1.29, 1.82) is 0 Å². The van der Waals surface area contributed by atoms with Crippen LogP contribution in [0.3, 0.4) is 0 Å². The fourth-order valence-corrected chi connectivity index (χ4v) is 1.54. The summed E-state index contributed by atoms with van der Waals surface area (Å²) in [6.45, 7) is 0. The summed E-state index contributed by atoms with van der Waals surface area (Å²) in [6, 6.07) is 3.49. The number of halogens is 3. The smallest absolute Gasteiger partial charge is 0.266 e. The number of hydrogen-bond acceptors (Lipinski definition) is 2. The Morgan fingerprint density at radius 2 is 2.06 bits per heavy atom. The second kappa shape index (κ2) is 4.12. The molecule has 2 rings (SSSR count). The van der Waals surface area contributed by atoms with Gasteiger partial charge in [0.2, 0.25) is 0 Å². The van der Waals surface area contributed by atoms with Crippen LogP contribution in [-0.2, 0) is 7.05 Å². The van der Waals surface area contributed by atoms with Crippen molar-refractivity contribution >= 4 is 5.82 Å². The van der Waals surface area contributed by atoms with Crippen molar-refractivity contribution in [2.24, 2.45) is 7.05 Å². The minimum absolute atomic E-state index is 0.356. The van der Waals surface area contributed by atoms with Gasteiger partial charge < -0.3 is 5.73 Å². The van der Waals surface area contributed by atoms with Crippen molar-refractivity contribution in [2.45, 2.75) is 6.43 Å². The highest BCUT2D eigenvalue weighted by Crippen LogP contribution is 2.29. The van der Waals surface area contributed by atoms with Gasteiger partial charge in [-0.1, -0.05) is 6.07 Å². The Morgan fingerprint density at radius 3 is 2.53 bits per heavy atom. The van der Waals surface area contributed by atoms with Gasteiger partial charge in [-0.05, 0) is 17.7 Å². The molecular formula is C11H10F3N3. The average molecular weight is 241 g/mol. The van der Waals surface area contributed by atoms with Gasteiger partial charge in [-0.15, -0.1) is 0 Å². The average Bonchev–Trinajstić information content (AvgIpc) is 2.59. The van der Waals surface area contributed by atoms with Gasteiger partial charge in [0.15, 0.2) is 0 Å². The number of nitrogens with zero attached hydrogens (tertiary/aromatic N) is 2. The molecule has 17 heavy (non-hydrogen) atoms. The lowest BCUT2D eigenvalue weighted by atomic mass is 10.1. The first-order valence-corrected chi connectivity index (χ1v) is 4.86. The number of nitrogen functional groups attached to an aromatic ring is 1. The SMILES string of the molecule is Cn1ncc(-c2ccc(C(F)F)c(F)c2)c1N. The topological polar surface area (TPSA) is 43.8 Å². The Labute approximate surface area is 95.7 Å². The first-order valence-electron chi connectivity index (χ1n) is 4.86. The van der Waals surface area contributed by atoms with Gasteiger partial charge in [-0.25, -0.2) is 13.2 Å². The summed E-state index contributed by atoms with van der Waals surface area (Å²) >= 11 is 0. The van der Waals surface area contributed by atoms with Crippen LogP contribution >= 0.6 is 0 Å². The molecule has 2 N–H and O–H groups in total. The first-order chi connectivity index (χ1) is 8.00. The van der Waals surface area contributed by atoms with Gasteiger partial charge in [0.25, 0.3) is 6.43 Å². The van der Waals surface area contributed by atoms with Crippen LogP contribution in [0.2, 0.25) is 0 Å². The maximum absolute atomic E-state index is 13.4. The van der Waals surface area contributed by atoms with Gasteiger partial charge in [-0.3, -0.25) is 4.68 Å². The molecule has 0 aliphatic heterocycles. The summed E-state index contributed by atoms with van der Waals surface area (Å²) in [5.41, 5.74) is 6.05. The zero-order chi connectivity index (χ0) is 12.6. The predicted molar refractivity (Wildman–Crippen MR) is 58.0 cm³/mol. The molecule has 0 aliphatic carbocycles. The molecule has 0 amide bonds. The first kappa shape index (κ1) is 11.5. The fraction of sp³-hybridized carbons (Fsp3) is 0.182. The van der Waals surface area contributed by atoms with Gasteiger partial charge in [-0.2, -0.15) is 5.10 Å². The van der Waals surface area contributed by atoms with Crippen LogP contribution in [0.25, 0.3) is 11.1 Å². The maximum Gasteiger partial charge on any atom is 0.266 e. The molecule has 1 heterocycles. The molecule has 1 aromatic heterocycles. The summed E-state index contributed by atoms with van der Waals surface area (Å²) in [6.07, 6.45) is -1.36. The number of hydrogen-bond donors (Lipinski definition) is 1. The van der Waals surface area contributed by atoms with E-state index in [2.05, 4.69) is 5.10 Å². The number of nitrogens with two attached hydrogens (primary N) is 1. The largest absolute Gasteiger partial charge is 0.383 e. The normalized spacial score (nSPS) is 11.1. The van der Waals surface area contributed by atoms with E-state index in [1.807, 2.05) is 0 Å². The third kappa shape index (κ3) is 1.98. The molecule has 2 aromatic rings. The highest BCUT2D eigenvalue weighted by Gasteiger charge is 2.15. The molecule has 0 atom stereocenters. The van der Waals surface area contributed by atoms with Crippen molar-refractivity contribution in [2.75, 3.05) is 5.73 Å². The van der Waals surface area contributed by atoms with E-state index in [0.29, 0.717) is 16.9 Å². The molecule has 6 heteroatoms. The van der Waals surface area contributed by atoms with E-state index < -0.39 is 17.8 Å². The molecular weight excluding hydrogens is 231 g/mol. The summed E-state index contributed by atoms with van der Waals surface area (Å²) in [7, 11) is 1.64. The molecule has 1 aromatic carbocycles. The third-order valence-electron chi connectivity index (χ3n) is 2.53. The lowest BCUT2D eigenvalue weighted by molar-refractivity contribution is 0.146. The number of rotatable bonds is 2. The van der Waals surface area contributed by atoms with E-state index in [9.17, 15) is 13.2 Å². The summed E-state index contributed by atoms with van der Waals surface area (Å²) in [4.78, 5) is 0. The lowest BCUT2D eigenvalue weighted by Gasteiger charge is -2.05. The van der Waals surface area contributed by atoms with Crippen molar-refractivity contribution < 1.29 is 13.2 Å². The molecule has 0 radical (unpaired) electrons. The summed E-state index contributed by atoms with van der Waals surface area (Å²) < 4.78 is 39.5. The molecule has 0 aliphatic rings. The fourth-order valence-electron chi connectivity index (χ4n) is 1.54. The maximum atomic E-state index is 13.4. The quantitative estimate of drug-likeness (QED) is 0.878.